The molecule has 2 aromatic rings. The van der Waals surface area contributed by atoms with Crippen LogP contribution in [0.15, 0.2) is 59.6 Å². The Morgan fingerprint density at radius 1 is 1.08 bits per heavy atom. The van der Waals surface area contributed by atoms with E-state index in [1.54, 1.807) is 0 Å². The van der Waals surface area contributed by atoms with Crippen LogP contribution >= 0.6 is 0 Å². The largest absolute Gasteiger partial charge is 0.489 e. The maximum absolute atomic E-state index is 5.87. The highest BCUT2D eigenvalue weighted by Crippen LogP contribution is 2.15. The summed E-state index contributed by atoms with van der Waals surface area (Å²) in [6.45, 7) is 5.45. The van der Waals surface area contributed by atoms with Crippen LogP contribution in [0, 0.1) is 0 Å². The van der Waals surface area contributed by atoms with Gasteiger partial charge in [0, 0.05) is 26.3 Å². The van der Waals surface area contributed by atoms with Gasteiger partial charge in [-0.25, -0.2) is 0 Å². The van der Waals surface area contributed by atoms with Crippen molar-refractivity contribution in [3.8, 4) is 5.75 Å². The Balaban J connectivity index is 1.70. The molecule has 140 valence electrons. The predicted octanol–water partition coefficient (Wildman–Crippen LogP) is 3.14. The van der Waals surface area contributed by atoms with Crippen molar-refractivity contribution in [2.75, 3.05) is 26.3 Å². The number of benzene rings is 2. The Labute approximate surface area is 156 Å². The van der Waals surface area contributed by atoms with Gasteiger partial charge in [-0.1, -0.05) is 42.5 Å². The van der Waals surface area contributed by atoms with E-state index >= 15 is 0 Å². The molecule has 0 spiro atoms. The zero-order valence-corrected chi connectivity index (χ0v) is 15.5. The molecule has 0 aliphatic heterocycles. The Hall–Kier alpha value is -2.53. The van der Waals surface area contributed by atoms with Crippen LogP contribution in [0.2, 0.25) is 0 Å². The molecule has 0 bridgehead atoms. The lowest BCUT2D eigenvalue weighted by atomic mass is 10.1. The zero-order valence-electron chi connectivity index (χ0n) is 15.5. The molecule has 0 saturated carbocycles. The summed E-state index contributed by atoms with van der Waals surface area (Å²) in [6.07, 6.45) is 1.74. The second kappa shape index (κ2) is 11.9. The molecule has 0 atom stereocenters. The SMILES string of the molecule is CCOCCCN=C(N)NCCc1cccc(OCc2ccccc2)c1. The Morgan fingerprint density at radius 3 is 2.69 bits per heavy atom. The molecule has 3 N–H and O–H groups in total. The minimum Gasteiger partial charge on any atom is -0.489 e. The van der Waals surface area contributed by atoms with Crippen molar-refractivity contribution in [3.05, 3.63) is 65.7 Å². The van der Waals surface area contributed by atoms with Gasteiger partial charge >= 0.3 is 0 Å². The quantitative estimate of drug-likeness (QED) is 0.369. The van der Waals surface area contributed by atoms with E-state index in [1.807, 2.05) is 37.3 Å². The summed E-state index contributed by atoms with van der Waals surface area (Å²) in [5.41, 5.74) is 8.23. The Bertz CT molecular complexity index is 659. The van der Waals surface area contributed by atoms with Gasteiger partial charge < -0.3 is 20.5 Å². The molecule has 0 unspecified atom stereocenters. The third-order valence-corrected chi connectivity index (χ3v) is 3.80. The molecule has 0 heterocycles. The minimum absolute atomic E-state index is 0.484. The molecule has 2 aromatic carbocycles. The maximum Gasteiger partial charge on any atom is 0.188 e. The molecule has 5 nitrogen and oxygen atoms in total. The predicted molar refractivity (Wildman–Crippen MR) is 107 cm³/mol. The topological polar surface area (TPSA) is 68.9 Å². The van der Waals surface area contributed by atoms with E-state index in [1.165, 1.54) is 5.56 Å². The number of guanidine groups is 1. The zero-order chi connectivity index (χ0) is 18.5. The first kappa shape index (κ1) is 19.8. The second-order valence-electron chi connectivity index (χ2n) is 5.92. The fourth-order valence-corrected chi connectivity index (χ4v) is 2.43. The standard InChI is InChI=1S/C21H29N3O2/c1-2-25-15-7-13-23-21(22)24-14-12-18-10-6-11-20(16-18)26-17-19-8-4-3-5-9-19/h3-6,8-11,16H,2,7,12-15,17H2,1H3,(H3,22,23,24). The van der Waals surface area contributed by atoms with E-state index < -0.39 is 0 Å². The van der Waals surface area contributed by atoms with Crippen molar-refractivity contribution < 1.29 is 9.47 Å². The average molecular weight is 355 g/mol. The third-order valence-electron chi connectivity index (χ3n) is 3.80. The lowest BCUT2D eigenvalue weighted by molar-refractivity contribution is 0.146. The highest BCUT2D eigenvalue weighted by Gasteiger charge is 1.99. The molecular weight excluding hydrogens is 326 g/mol. The molecule has 5 heteroatoms. The number of nitrogens with one attached hydrogen (secondary N) is 1. The number of nitrogens with zero attached hydrogens (tertiary/aromatic N) is 1. The monoisotopic (exact) mass is 355 g/mol. The first-order valence-electron chi connectivity index (χ1n) is 9.15. The van der Waals surface area contributed by atoms with Crippen molar-refractivity contribution in [1.29, 1.82) is 0 Å². The van der Waals surface area contributed by atoms with E-state index in [-0.39, 0.29) is 0 Å². The van der Waals surface area contributed by atoms with E-state index in [2.05, 4.69) is 34.6 Å². The first-order valence-corrected chi connectivity index (χ1v) is 9.15. The average Bonchev–Trinajstić information content (AvgIpc) is 2.67. The Kier molecular flexibility index (Phi) is 9.08. The summed E-state index contributed by atoms with van der Waals surface area (Å²) < 4.78 is 11.1. The molecule has 0 amide bonds. The summed E-state index contributed by atoms with van der Waals surface area (Å²) >= 11 is 0. The Morgan fingerprint density at radius 2 is 1.88 bits per heavy atom. The van der Waals surface area contributed by atoms with Crippen molar-refractivity contribution in [1.82, 2.24) is 5.32 Å². The normalized spacial score (nSPS) is 11.3. The van der Waals surface area contributed by atoms with Gasteiger partial charge in [0.25, 0.3) is 0 Å². The third kappa shape index (κ3) is 8.03. The van der Waals surface area contributed by atoms with Crippen LogP contribution < -0.4 is 15.8 Å². The smallest absolute Gasteiger partial charge is 0.188 e. The number of hydrogen-bond acceptors (Lipinski definition) is 3. The summed E-state index contributed by atoms with van der Waals surface area (Å²) in [5, 5.41) is 3.15. The van der Waals surface area contributed by atoms with Gasteiger partial charge in [-0.05, 0) is 43.0 Å². The van der Waals surface area contributed by atoms with Gasteiger partial charge in [-0.3, -0.25) is 4.99 Å². The molecule has 0 fully saturated rings. The molecule has 2 rings (SSSR count). The molecule has 0 saturated heterocycles. The van der Waals surface area contributed by atoms with Crippen LogP contribution in [0.25, 0.3) is 0 Å². The number of hydrogen-bond donors (Lipinski definition) is 2. The van der Waals surface area contributed by atoms with Gasteiger partial charge in [0.05, 0.1) is 0 Å². The van der Waals surface area contributed by atoms with Crippen LogP contribution in [0.5, 0.6) is 5.75 Å². The first-order chi connectivity index (χ1) is 12.8. The van der Waals surface area contributed by atoms with E-state index in [4.69, 9.17) is 15.2 Å². The summed E-state index contributed by atoms with van der Waals surface area (Å²) in [6, 6.07) is 18.3. The summed E-state index contributed by atoms with van der Waals surface area (Å²) in [7, 11) is 0. The van der Waals surface area contributed by atoms with E-state index in [0.717, 1.165) is 43.9 Å². The number of aliphatic imine (C=N–C) groups is 1. The highest BCUT2D eigenvalue weighted by atomic mass is 16.5. The fraction of sp³-hybridized carbons (Fsp3) is 0.381. The lowest BCUT2D eigenvalue weighted by Gasteiger charge is -2.09. The van der Waals surface area contributed by atoms with Crippen LogP contribution in [0.4, 0.5) is 0 Å². The van der Waals surface area contributed by atoms with Gasteiger partial charge in [-0.2, -0.15) is 0 Å². The van der Waals surface area contributed by atoms with Crippen molar-refractivity contribution >= 4 is 5.96 Å². The molecule has 0 aliphatic rings. The fourth-order valence-electron chi connectivity index (χ4n) is 2.43. The number of rotatable bonds is 11. The second-order valence-corrected chi connectivity index (χ2v) is 5.92. The van der Waals surface area contributed by atoms with Crippen LogP contribution in [-0.4, -0.2) is 32.3 Å². The summed E-state index contributed by atoms with van der Waals surface area (Å²) in [5.74, 6) is 1.36. The van der Waals surface area contributed by atoms with Gasteiger partial charge in [-0.15, -0.1) is 0 Å². The van der Waals surface area contributed by atoms with Crippen LogP contribution in [0.3, 0.4) is 0 Å². The lowest BCUT2D eigenvalue weighted by Crippen LogP contribution is -2.33. The molecular formula is C21H29N3O2. The summed E-state index contributed by atoms with van der Waals surface area (Å²) in [4.78, 5) is 4.29. The van der Waals surface area contributed by atoms with Gasteiger partial charge in [0.1, 0.15) is 12.4 Å². The van der Waals surface area contributed by atoms with Crippen molar-refractivity contribution in [3.63, 3.8) is 0 Å². The van der Waals surface area contributed by atoms with Crippen molar-refractivity contribution in [2.45, 2.75) is 26.4 Å². The molecule has 0 radical (unpaired) electrons. The van der Waals surface area contributed by atoms with Crippen LogP contribution in [-0.2, 0) is 17.8 Å². The van der Waals surface area contributed by atoms with Gasteiger partial charge in [0.15, 0.2) is 5.96 Å². The van der Waals surface area contributed by atoms with E-state index in [0.29, 0.717) is 19.1 Å². The number of ether oxygens (including phenoxy) is 2. The van der Waals surface area contributed by atoms with Gasteiger partial charge in [0.2, 0.25) is 0 Å². The minimum atomic E-state index is 0.484. The molecule has 0 aliphatic carbocycles. The van der Waals surface area contributed by atoms with Crippen LogP contribution in [0.1, 0.15) is 24.5 Å². The van der Waals surface area contributed by atoms with Crippen molar-refractivity contribution in [2.24, 2.45) is 10.7 Å². The number of nitrogens with two attached hydrogens (primary N) is 1. The maximum atomic E-state index is 5.87. The molecule has 26 heavy (non-hydrogen) atoms. The van der Waals surface area contributed by atoms with E-state index in [9.17, 15) is 0 Å². The molecule has 0 aromatic heterocycles. The highest BCUT2D eigenvalue weighted by molar-refractivity contribution is 5.77.